The SMILES string of the molecule is CCC1=NN(C)C(C(N)=O)C1(Cl)c1cc2c(c(OC)c1)OC(C)(C)C2. The Morgan fingerprint density at radius 3 is 2.76 bits per heavy atom. The third-order valence-electron chi connectivity index (χ3n) is 4.82. The molecular formula is C18H24ClN3O3. The van der Waals surface area contributed by atoms with Crippen LogP contribution < -0.4 is 15.2 Å². The fourth-order valence-corrected chi connectivity index (χ4v) is 4.34. The number of hydrogen-bond donors (Lipinski definition) is 1. The molecule has 2 aliphatic rings. The summed E-state index contributed by atoms with van der Waals surface area (Å²) in [5.74, 6) is 0.820. The zero-order valence-corrected chi connectivity index (χ0v) is 16.0. The van der Waals surface area contributed by atoms with Gasteiger partial charge < -0.3 is 15.2 Å². The molecule has 25 heavy (non-hydrogen) atoms. The van der Waals surface area contributed by atoms with Crippen molar-refractivity contribution in [3.05, 3.63) is 23.3 Å². The van der Waals surface area contributed by atoms with Crippen LogP contribution in [0.3, 0.4) is 0 Å². The molecular weight excluding hydrogens is 342 g/mol. The van der Waals surface area contributed by atoms with Gasteiger partial charge in [0, 0.05) is 19.0 Å². The number of likely N-dealkylation sites (N-methyl/N-ethyl adjacent to an activating group) is 1. The van der Waals surface area contributed by atoms with Gasteiger partial charge in [0.25, 0.3) is 0 Å². The molecule has 1 aromatic carbocycles. The average molecular weight is 366 g/mol. The van der Waals surface area contributed by atoms with Crippen molar-refractivity contribution in [1.29, 1.82) is 0 Å². The number of rotatable bonds is 4. The zero-order chi connectivity index (χ0) is 18.6. The molecule has 0 radical (unpaired) electrons. The van der Waals surface area contributed by atoms with Gasteiger partial charge in [0.05, 0.1) is 12.8 Å². The number of amides is 1. The molecule has 1 amide bonds. The molecule has 0 aromatic heterocycles. The first-order valence-electron chi connectivity index (χ1n) is 8.33. The minimum atomic E-state index is -1.12. The number of methoxy groups -OCH3 is 1. The number of hydrogen-bond acceptors (Lipinski definition) is 5. The van der Waals surface area contributed by atoms with Crippen molar-refractivity contribution in [2.75, 3.05) is 14.2 Å². The van der Waals surface area contributed by atoms with Crippen molar-refractivity contribution in [3.8, 4) is 11.5 Å². The summed E-state index contributed by atoms with van der Waals surface area (Å²) < 4.78 is 11.5. The highest BCUT2D eigenvalue weighted by molar-refractivity contribution is 6.38. The average Bonchev–Trinajstić information content (AvgIpc) is 2.98. The lowest BCUT2D eigenvalue weighted by Crippen LogP contribution is -2.50. The van der Waals surface area contributed by atoms with Crippen LogP contribution in [0.1, 0.15) is 38.3 Å². The lowest BCUT2D eigenvalue weighted by Gasteiger charge is -2.31. The number of alkyl halides is 1. The van der Waals surface area contributed by atoms with E-state index >= 15 is 0 Å². The van der Waals surface area contributed by atoms with Crippen LogP contribution in [0.2, 0.25) is 0 Å². The third kappa shape index (κ3) is 2.63. The van der Waals surface area contributed by atoms with E-state index in [0.29, 0.717) is 17.9 Å². The maximum absolute atomic E-state index is 12.1. The number of carbonyl (C=O) groups is 1. The molecule has 2 N–H and O–H groups in total. The van der Waals surface area contributed by atoms with Crippen molar-refractivity contribution in [2.45, 2.75) is 50.1 Å². The minimum absolute atomic E-state index is 0.315. The number of nitrogens with zero attached hydrogens (tertiary/aromatic N) is 2. The molecule has 2 aliphatic heterocycles. The Bertz CT molecular complexity index is 762. The van der Waals surface area contributed by atoms with Crippen LogP contribution in [0.4, 0.5) is 0 Å². The molecule has 2 unspecified atom stereocenters. The first kappa shape index (κ1) is 17.9. The van der Waals surface area contributed by atoms with Crippen molar-refractivity contribution >= 4 is 23.2 Å². The van der Waals surface area contributed by atoms with Crippen molar-refractivity contribution < 1.29 is 14.3 Å². The summed E-state index contributed by atoms with van der Waals surface area (Å²) in [6, 6.07) is 3.05. The molecule has 6 nitrogen and oxygen atoms in total. The summed E-state index contributed by atoms with van der Waals surface area (Å²) in [5.41, 5.74) is 7.80. The normalized spacial score (nSPS) is 26.9. The molecule has 0 aliphatic carbocycles. The number of ether oxygens (including phenoxy) is 2. The predicted molar refractivity (Wildman–Crippen MR) is 97.4 cm³/mol. The second-order valence-electron chi connectivity index (χ2n) is 7.20. The Morgan fingerprint density at radius 1 is 1.52 bits per heavy atom. The highest BCUT2D eigenvalue weighted by Crippen LogP contribution is 2.49. The van der Waals surface area contributed by atoms with Gasteiger partial charge in [-0.1, -0.05) is 6.92 Å². The van der Waals surface area contributed by atoms with Crippen LogP contribution in [0.5, 0.6) is 11.5 Å². The van der Waals surface area contributed by atoms with Gasteiger partial charge in [-0.3, -0.25) is 9.80 Å². The Kier molecular flexibility index (Phi) is 4.14. The van der Waals surface area contributed by atoms with Crippen LogP contribution in [-0.2, 0) is 16.1 Å². The maximum atomic E-state index is 12.1. The number of fused-ring (bicyclic) bond motifs is 1. The standard InChI is InChI=1S/C18H24ClN3O3/c1-6-13-18(19,15(16(20)23)22(4)21-13)11-7-10-9-17(2,3)25-14(10)12(8-11)24-5/h7-8,15H,6,9H2,1-5H3,(H2,20,23). The monoisotopic (exact) mass is 365 g/mol. The van der Waals surface area contributed by atoms with Crippen molar-refractivity contribution in [3.63, 3.8) is 0 Å². The number of nitrogens with two attached hydrogens (primary N) is 1. The molecule has 7 heteroatoms. The number of carbonyl (C=O) groups excluding carboxylic acids is 1. The van der Waals surface area contributed by atoms with Gasteiger partial charge in [0.15, 0.2) is 17.5 Å². The van der Waals surface area contributed by atoms with Gasteiger partial charge >= 0.3 is 0 Å². The molecule has 0 saturated heterocycles. The number of halogens is 1. The van der Waals surface area contributed by atoms with Gasteiger partial charge in [-0.2, -0.15) is 5.10 Å². The third-order valence-corrected chi connectivity index (χ3v) is 5.46. The van der Waals surface area contributed by atoms with Crippen LogP contribution in [0, 0.1) is 0 Å². The number of benzene rings is 1. The zero-order valence-electron chi connectivity index (χ0n) is 15.2. The summed E-state index contributed by atoms with van der Waals surface area (Å²) in [4.78, 5) is 11.0. The summed E-state index contributed by atoms with van der Waals surface area (Å²) in [5, 5.41) is 6.01. The number of primary amides is 1. The fourth-order valence-electron chi connectivity index (χ4n) is 3.81. The second kappa shape index (κ2) is 5.80. The maximum Gasteiger partial charge on any atom is 0.244 e. The van der Waals surface area contributed by atoms with E-state index < -0.39 is 16.8 Å². The van der Waals surface area contributed by atoms with E-state index in [1.807, 2.05) is 32.9 Å². The van der Waals surface area contributed by atoms with E-state index in [1.54, 1.807) is 19.2 Å². The van der Waals surface area contributed by atoms with Crippen LogP contribution in [0.25, 0.3) is 0 Å². The summed E-state index contributed by atoms with van der Waals surface area (Å²) in [7, 11) is 3.31. The summed E-state index contributed by atoms with van der Waals surface area (Å²) in [6.07, 6.45) is 1.34. The highest BCUT2D eigenvalue weighted by atomic mass is 35.5. The summed E-state index contributed by atoms with van der Waals surface area (Å²) >= 11 is 7.05. The quantitative estimate of drug-likeness (QED) is 0.831. The lowest BCUT2D eigenvalue weighted by atomic mass is 9.84. The molecule has 3 rings (SSSR count). The molecule has 0 spiro atoms. The van der Waals surface area contributed by atoms with Gasteiger partial charge in [0.2, 0.25) is 5.91 Å². The first-order chi connectivity index (χ1) is 11.6. The lowest BCUT2D eigenvalue weighted by molar-refractivity contribution is -0.122. The summed E-state index contributed by atoms with van der Waals surface area (Å²) in [6.45, 7) is 6.01. The molecule has 1 aromatic rings. The molecule has 2 heterocycles. The molecule has 0 bridgehead atoms. The first-order valence-corrected chi connectivity index (χ1v) is 8.71. The van der Waals surface area contributed by atoms with E-state index in [9.17, 15) is 4.79 Å². The van der Waals surface area contributed by atoms with E-state index in [-0.39, 0.29) is 5.60 Å². The van der Waals surface area contributed by atoms with Gasteiger partial charge in [0.1, 0.15) is 10.5 Å². The highest BCUT2D eigenvalue weighted by Gasteiger charge is 2.53. The number of hydrazone groups is 1. The van der Waals surface area contributed by atoms with E-state index in [0.717, 1.165) is 23.3 Å². The topological polar surface area (TPSA) is 77.2 Å². The Morgan fingerprint density at radius 2 is 2.20 bits per heavy atom. The fraction of sp³-hybridized carbons (Fsp3) is 0.556. The van der Waals surface area contributed by atoms with Gasteiger partial charge in [-0.15, -0.1) is 11.6 Å². The minimum Gasteiger partial charge on any atom is -0.493 e. The molecule has 136 valence electrons. The predicted octanol–water partition coefficient (Wildman–Crippen LogP) is 2.41. The Hall–Kier alpha value is -1.95. The van der Waals surface area contributed by atoms with Gasteiger partial charge in [-0.25, -0.2) is 0 Å². The smallest absolute Gasteiger partial charge is 0.244 e. The molecule has 2 atom stereocenters. The molecule has 0 fully saturated rings. The second-order valence-corrected chi connectivity index (χ2v) is 7.79. The molecule has 0 saturated carbocycles. The van der Waals surface area contributed by atoms with Crippen molar-refractivity contribution in [2.24, 2.45) is 10.8 Å². The Balaban J connectivity index is 2.18. The van der Waals surface area contributed by atoms with Crippen LogP contribution in [0.15, 0.2) is 17.2 Å². The van der Waals surface area contributed by atoms with Gasteiger partial charge in [-0.05, 0) is 38.0 Å². The van der Waals surface area contributed by atoms with Crippen LogP contribution >= 0.6 is 11.6 Å². The van der Waals surface area contributed by atoms with E-state index in [4.69, 9.17) is 26.8 Å². The largest absolute Gasteiger partial charge is 0.493 e. The van der Waals surface area contributed by atoms with Crippen LogP contribution in [-0.4, -0.2) is 42.4 Å². The van der Waals surface area contributed by atoms with E-state index in [1.165, 1.54) is 0 Å². The van der Waals surface area contributed by atoms with Crippen molar-refractivity contribution in [1.82, 2.24) is 5.01 Å². The Labute approximate surface area is 152 Å². The van der Waals surface area contributed by atoms with E-state index in [2.05, 4.69) is 5.10 Å².